The van der Waals surface area contributed by atoms with Crippen LogP contribution in [0.25, 0.3) is 0 Å². The number of nitrogens with zero attached hydrogens (tertiary/aromatic N) is 6. The summed E-state index contributed by atoms with van der Waals surface area (Å²) in [5.41, 5.74) is 3.21. The van der Waals surface area contributed by atoms with Crippen molar-refractivity contribution >= 4 is 23.7 Å². The van der Waals surface area contributed by atoms with E-state index in [1.54, 1.807) is 25.4 Å². The van der Waals surface area contributed by atoms with E-state index in [1.165, 1.54) is 6.34 Å². The van der Waals surface area contributed by atoms with Crippen molar-refractivity contribution in [1.29, 1.82) is 0 Å². The summed E-state index contributed by atoms with van der Waals surface area (Å²) >= 11 is 0. The Morgan fingerprint density at radius 3 is 2.16 bits per heavy atom. The molecule has 0 aliphatic carbocycles. The molecule has 0 amide bonds. The number of methoxy groups -OCH3 is 2. The third-order valence-corrected chi connectivity index (χ3v) is 5.43. The SMILES string of the molecule is COc1ccc(CN2C3=NC=Nc4c(ncn4Cc4ccc(OC)cc4)C3=NC2O)cc1. The van der Waals surface area contributed by atoms with Crippen LogP contribution in [-0.4, -0.2) is 58.0 Å². The van der Waals surface area contributed by atoms with Crippen LogP contribution < -0.4 is 9.47 Å². The summed E-state index contributed by atoms with van der Waals surface area (Å²) in [4.78, 5) is 19.7. The minimum atomic E-state index is -1.04. The second-order valence-electron chi connectivity index (χ2n) is 7.39. The number of benzene rings is 2. The number of amidine groups is 1. The zero-order chi connectivity index (χ0) is 22.1. The normalized spacial score (nSPS) is 16.7. The Morgan fingerprint density at radius 1 is 0.906 bits per heavy atom. The molecule has 0 fully saturated rings. The van der Waals surface area contributed by atoms with Gasteiger partial charge in [-0.1, -0.05) is 24.3 Å². The highest BCUT2D eigenvalue weighted by molar-refractivity contribution is 6.50. The molecular formula is C23H22N6O3. The first-order valence-corrected chi connectivity index (χ1v) is 10.1. The number of aliphatic hydroxyl groups excluding tert-OH is 1. The first-order chi connectivity index (χ1) is 15.7. The lowest BCUT2D eigenvalue weighted by Crippen LogP contribution is -2.36. The summed E-state index contributed by atoms with van der Waals surface area (Å²) < 4.78 is 12.4. The van der Waals surface area contributed by atoms with Crippen molar-refractivity contribution in [2.45, 2.75) is 19.4 Å². The van der Waals surface area contributed by atoms with Gasteiger partial charge >= 0.3 is 0 Å². The van der Waals surface area contributed by atoms with E-state index in [1.807, 2.05) is 53.1 Å². The smallest absolute Gasteiger partial charge is 0.227 e. The van der Waals surface area contributed by atoms with Gasteiger partial charge in [-0.3, -0.25) is 0 Å². The van der Waals surface area contributed by atoms with Crippen LogP contribution in [0.4, 0.5) is 5.82 Å². The Labute approximate surface area is 185 Å². The Kier molecular flexibility index (Phi) is 5.16. The number of fused-ring (bicyclic) bond motifs is 3. The molecular weight excluding hydrogens is 408 g/mol. The Balaban J connectivity index is 1.39. The second-order valence-corrected chi connectivity index (χ2v) is 7.39. The van der Waals surface area contributed by atoms with E-state index in [9.17, 15) is 5.11 Å². The first kappa shape index (κ1) is 20.0. The van der Waals surface area contributed by atoms with Crippen LogP contribution in [0.15, 0.2) is 69.8 Å². The molecule has 2 aromatic carbocycles. The lowest BCUT2D eigenvalue weighted by Gasteiger charge is -2.21. The lowest BCUT2D eigenvalue weighted by atomic mass is 10.2. The Hall–Kier alpha value is -3.98. The summed E-state index contributed by atoms with van der Waals surface area (Å²) in [5.74, 6) is 2.78. The van der Waals surface area contributed by atoms with Gasteiger partial charge in [0.2, 0.25) is 6.35 Å². The Bertz CT molecular complexity index is 1210. The van der Waals surface area contributed by atoms with Gasteiger partial charge in [0, 0.05) is 6.54 Å². The molecule has 2 aliphatic rings. The average Bonchev–Trinajstić information content (AvgIpc) is 3.29. The Morgan fingerprint density at radius 2 is 1.53 bits per heavy atom. The maximum atomic E-state index is 10.6. The van der Waals surface area contributed by atoms with Crippen molar-refractivity contribution in [3.8, 4) is 11.5 Å². The van der Waals surface area contributed by atoms with Gasteiger partial charge in [-0.25, -0.2) is 20.0 Å². The minimum absolute atomic E-state index is 0.437. The van der Waals surface area contributed by atoms with Crippen molar-refractivity contribution in [2.24, 2.45) is 15.0 Å². The van der Waals surface area contributed by atoms with Gasteiger partial charge in [0.25, 0.3) is 0 Å². The van der Waals surface area contributed by atoms with Crippen LogP contribution in [-0.2, 0) is 13.1 Å². The van der Waals surface area contributed by atoms with Crippen LogP contribution in [0.2, 0.25) is 0 Å². The third-order valence-electron chi connectivity index (χ3n) is 5.43. The third kappa shape index (κ3) is 3.63. The van der Waals surface area contributed by atoms with Crippen molar-refractivity contribution < 1.29 is 14.6 Å². The number of aliphatic hydroxyl groups is 1. The van der Waals surface area contributed by atoms with Gasteiger partial charge in [-0.05, 0) is 35.4 Å². The zero-order valence-corrected chi connectivity index (χ0v) is 17.7. The molecule has 5 rings (SSSR count). The predicted octanol–water partition coefficient (Wildman–Crippen LogP) is 2.60. The monoisotopic (exact) mass is 430 g/mol. The molecule has 0 spiro atoms. The predicted molar refractivity (Wildman–Crippen MR) is 121 cm³/mol. The highest BCUT2D eigenvalue weighted by atomic mass is 16.5. The van der Waals surface area contributed by atoms with Crippen LogP contribution >= 0.6 is 0 Å². The van der Waals surface area contributed by atoms with Crippen LogP contribution in [0.5, 0.6) is 11.5 Å². The van der Waals surface area contributed by atoms with Gasteiger partial charge in [-0.2, -0.15) is 0 Å². The molecule has 1 unspecified atom stereocenters. The molecule has 0 radical (unpaired) electrons. The van der Waals surface area contributed by atoms with Crippen molar-refractivity contribution in [2.75, 3.05) is 14.2 Å². The molecule has 9 heteroatoms. The van der Waals surface area contributed by atoms with Crippen molar-refractivity contribution in [3.63, 3.8) is 0 Å². The van der Waals surface area contributed by atoms with Crippen LogP contribution in [0.3, 0.4) is 0 Å². The first-order valence-electron chi connectivity index (χ1n) is 10.1. The summed E-state index contributed by atoms with van der Waals surface area (Å²) in [6.45, 7) is 1.02. The number of hydrogen-bond donors (Lipinski definition) is 1. The highest BCUT2D eigenvalue weighted by Crippen LogP contribution is 2.28. The summed E-state index contributed by atoms with van der Waals surface area (Å²) in [6.07, 6.45) is 2.18. The zero-order valence-electron chi connectivity index (χ0n) is 17.7. The fourth-order valence-electron chi connectivity index (χ4n) is 3.73. The van der Waals surface area contributed by atoms with Gasteiger partial charge < -0.3 is 24.0 Å². The van der Waals surface area contributed by atoms with E-state index >= 15 is 0 Å². The molecule has 1 aromatic heterocycles. The molecule has 3 heterocycles. The molecule has 0 saturated heterocycles. The van der Waals surface area contributed by atoms with Gasteiger partial charge in [-0.15, -0.1) is 0 Å². The summed E-state index contributed by atoms with van der Waals surface area (Å²) in [6, 6.07) is 15.5. The van der Waals surface area contributed by atoms with Gasteiger partial charge in [0.15, 0.2) is 11.7 Å². The van der Waals surface area contributed by atoms with E-state index in [0.29, 0.717) is 36.1 Å². The van der Waals surface area contributed by atoms with E-state index in [0.717, 1.165) is 22.6 Å². The maximum Gasteiger partial charge on any atom is 0.227 e. The molecule has 2 aliphatic heterocycles. The number of aliphatic imine (C=N–C) groups is 3. The minimum Gasteiger partial charge on any atom is -0.497 e. The molecule has 0 bridgehead atoms. The molecule has 9 nitrogen and oxygen atoms in total. The number of ether oxygens (including phenoxy) is 2. The number of aromatic nitrogens is 2. The van der Waals surface area contributed by atoms with Crippen LogP contribution in [0, 0.1) is 0 Å². The maximum absolute atomic E-state index is 10.6. The fourth-order valence-corrected chi connectivity index (χ4v) is 3.73. The topological polar surface area (TPSA) is 96.8 Å². The molecule has 1 atom stereocenters. The summed E-state index contributed by atoms with van der Waals surface area (Å²) in [7, 11) is 3.27. The molecule has 1 N–H and O–H groups in total. The second kappa shape index (κ2) is 8.27. The highest BCUT2D eigenvalue weighted by Gasteiger charge is 2.35. The van der Waals surface area contributed by atoms with Crippen LogP contribution in [0.1, 0.15) is 16.8 Å². The quantitative estimate of drug-likeness (QED) is 0.648. The average molecular weight is 430 g/mol. The standard InChI is InChI=1S/C23H22N6O3/c1-31-17-7-3-15(4-8-17)11-28-14-26-19-20-22(25-13-24-21(19)28)29(23(30)27-20)12-16-5-9-18(32-2)10-6-16/h3-10,13-14,23,30H,11-12H2,1-2H3. The molecule has 32 heavy (non-hydrogen) atoms. The molecule has 162 valence electrons. The van der Waals surface area contributed by atoms with Crippen molar-refractivity contribution in [3.05, 3.63) is 71.7 Å². The van der Waals surface area contributed by atoms with E-state index in [2.05, 4.69) is 20.0 Å². The molecule has 3 aromatic rings. The fraction of sp³-hybridized carbons (Fsp3) is 0.217. The van der Waals surface area contributed by atoms with E-state index < -0.39 is 6.35 Å². The number of rotatable bonds is 6. The molecule has 0 saturated carbocycles. The van der Waals surface area contributed by atoms with Gasteiger partial charge in [0.1, 0.15) is 29.2 Å². The van der Waals surface area contributed by atoms with E-state index in [-0.39, 0.29) is 0 Å². The van der Waals surface area contributed by atoms with E-state index in [4.69, 9.17) is 9.47 Å². The lowest BCUT2D eigenvalue weighted by molar-refractivity contribution is 0.0658. The largest absolute Gasteiger partial charge is 0.497 e. The van der Waals surface area contributed by atoms with Gasteiger partial charge in [0.05, 0.1) is 27.1 Å². The number of hydrogen-bond acceptors (Lipinski definition) is 8. The summed E-state index contributed by atoms with van der Waals surface area (Å²) in [5, 5.41) is 10.6. The van der Waals surface area contributed by atoms with Crippen molar-refractivity contribution in [1.82, 2.24) is 14.5 Å². The number of imidazole rings is 1.